The maximum atomic E-state index is 13.4. The molecule has 2 aromatic rings. The molecule has 0 spiro atoms. The predicted octanol–water partition coefficient (Wildman–Crippen LogP) is -0.948. The number of H-pyrrole nitrogens is 3. The highest BCUT2D eigenvalue weighted by atomic mass is 19.1. The summed E-state index contributed by atoms with van der Waals surface area (Å²) in [7, 11) is 1.20. The minimum atomic E-state index is -1.24. The fourth-order valence-corrected chi connectivity index (χ4v) is 1.35. The highest BCUT2D eigenvalue weighted by Gasteiger charge is 2.15. The van der Waals surface area contributed by atoms with Crippen LogP contribution >= 0.6 is 0 Å². The molecular weight excluding hydrogens is 221 g/mol. The van der Waals surface area contributed by atoms with E-state index in [1.807, 2.05) is 15.0 Å². The number of rotatable bonds is 1. The van der Waals surface area contributed by atoms with Crippen molar-refractivity contribution in [3.05, 3.63) is 37.0 Å². The number of hydrogen-bond acceptors (Lipinski definition) is 4. The molecule has 3 N–H and O–H groups in total. The molecule has 2 heterocycles. The molecule has 0 aliphatic rings. The first-order chi connectivity index (χ1) is 7.54. The smallest absolute Gasteiger partial charge is 0.326 e. The van der Waals surface area contributed by atoms with Crippen LogP contribution in [0.5, 0.6) is 5.88 Å². The molecule has 0 saturated heterocycles. The molecule has 16 heavy (non-hydrogen) atoms. The summed E-state index contributed by atoms with van der Waals surface area (Å²) in [5.41, 5.74) is -3.30. The maximum absolute atomic E-state index is 13.4. The zero-order valence-corrected chi connectivity index (χ0v) is 8.01. The summed E-state index contributed by atoms with van der Waals surface area (Å²) >= 11 is 0. The Labute approximate surface area is 85.9 Å². The van der Waals surface area contributed by atoms with Gasteiger partial charge in [0.2, 0.25) is 11.7 Å². The number of hydrogen-bond donors (Lipinski definition) is 3. The molecule has 0 aliphatic heterocycles. The van der Waals surface area contributed by atoms with E-state index >= 15 is 0 Å². The Bertz CT molecular complexity index is 727. The number of pyridine rings is 1. The molecule has 0 unspecified atom stereocenters. The number of nitrogens with one attached hydrogen (secondary N) is 3. The number of aromatic amines is 3. The number of methoxy groups -OCH3 is 1. The fourth-order valence-electron chi connectivity index (χ4n) is 1.35. The molecule has 0 bridgehead atoms. The van der Waals surface area contributed by atoms with Crippen LogP contribution in [0.15, 0.2) is 14.4 Å². The van der Waals surface area contributed by atoms with Crippen molar-refractivity contribution in [1.82, 2.24) is 15.0 Å². The largest absolute Gasteiger partial charge is 0.482 e. The van der Waals surface area contributed by atoms with E-state index in [-0.39, 0.29) is 11.3 Å². The highest BCUT2D eigenvalue weighted by molar-refractivity contribution is 5.82. The topological polar surface area (TPSA) is 108 Å². The van der Waals surface area contributed by atoms with Gasteiger partial charge >= 0.3 is 5.69 Å². The van der Waals surface area contributed by atoms with Gasteiger partial charge in [0.15, 0.2) is 0 Å². The second-order valence-electron chi connectivity index (χ2n) is 2.96. The third-order valence-electron chi connectivity index (χ3n) is 2.02. The Morgan fingerprint density at radius 1 is 1.06 bits per heavy atom. The molecule has 0 fully saturated rings. The summed E-state index contributed by atoms with van der Waals surface area (Å²) in [5, 5.41) is -0.251. The molecule has 8 heteroatoms. The molecule has 0 saturated carbocycles. The Morgan fingerprint density at radius 2 is 1.75 bits per heavy atom. The lowest BCUT2D eigenvalue weighted by molar-refractivity contribution is 0.399. The summed E-state index contributed by atoms with van der Waals surface area (Å²) in [5.74, 6) is -1.45. The van der Waals surface area contributed by atoms with Crippen molar-refractivity contribution in [3.8, 4) is 5.88 Å². The Hall–Kier alpha value is -2.38. The molecule has 0 aliphatic carbocycles. The van der Waals surface area contributed by atoms with Crippen molar-refractivity contribution in [1.29, 1.82) is 0 Å². The molecule has 0 amide bonds. The number of ether oxygens (including phenoxy) is 1. The monoisotopic (exact) mass is 227 g/mol. The highest BCUT2D eigenvalue weighted by Crippen LogP contribution is 2.15. The van der Waals surface area contributed by atoms with Gasteiger partial charge in [-0.2, -0.15) is 4.39 Å². The first kappa shape index (κ1) is 10.1. The summed E-state index contributed by atoms with van der Waals surface area (Å²) in [6, 6.07) is 0. The van der Waals surface area contributed by atoms with Gasteiger partial charge in [-0.25, -0.2) is 4.79 Å². The van der Waals surface area contributed by atoms with Gasteiger partial charge in [-0.15, -0.1) is 0 Å². The van der Waals surface area contributed by atoms with Gasteiger partial charge in [0, 0.05) is 0 Å². The second-order valence-corrected chi connectivity index (χ2v) is 2.96. The zero-order chi connectivity index (χ0) is 11.9. The fraction of sp³-hybridized carbons (Fsp3) is 0.125. The summed E-state index contributed by atoms with van der Waals surface area (Å²) < 4.78 is 18.1. The van der Waals surface area contributed by atoms with E-state index in [2.05, 4.69) is 0 Å². The van der Waals surface area contributed by atoms with Crippen molar-refractivity contribution < 1.29 is 9.13 Å². The summed E-state index contributed by atoms with van der Waals surface area (Å²) in [6.45, 7) is 0. The maximum Gasteiger partial charge on any atom is 0.326 e. The Balaban J connectivity index is 3.18. The van der Waals surface area contributed by atoms with Crippen LogP contribution in [-0.4, -0.2) is 22.1 Å². The first-order valence-corrected chi connectivity index (χ1v) is 4.16. The van der Waals surface area contributed by atoms with Gasteiger partial charge in [-0.1, -0.05) is 0 Å². The lowest BCUT2D eigenvalue weighted by Gasteiger charge is -2.03. The molecule has 0 aromatic carbocycles. The van der Waals surface area contributed by atoms with Gasteiger partial charge in [-0.05, 0) is 0 Å². The van der Waals surface area contributed by atoms with Crippen molar-refractivity contribution >= 4 is 10.9 Å². The first-order valence-electron chi connectivity index (χ1n) is 4.16. The van der Waals surface area contributed by atoms with E-state index in [0.717, 1.165) is 0 Å². The van der Waals surface area contributed by atoms with Gasteiger partial charge in [-0.3, -0.25) is 19.6 Å². The minimum absolute atomic E-state index is 0.209. The lowest BCUT2D eigenvalue weighted by atomic mass is 10.3. The quantitative estimate of drug-likeness (QED) is 0.583. The van der Waals surface area contributed by atoms with Crippen LogP contribution in [-0.2, 0) is 0 Å². The van der Waals surface area contributed by atoms with Gasteiger partial charge in [0.1, 0.15) is 10.9 Å². The van der Waals surface area contributed by atoms with Crippen LogP contribution in [0.4, 0.5) is 4.39 Å². The van der Waals surface area contributed by atoms with Crippen LogP contribution in [0.2, 0.25) is 0 Å². The normalized spacial score (nSPS) is 10.6. The predicted molar refractivity (Wildman–Crippen MR) is 52.3 cm³/mol. The molecular formula is C8H6FN3O4. The molecule has 0 radical (unpaired) electrons. The van der Waals surface area contributed by atoms with E-state index in [0.29, 0.717) is 0 Å². The Kier molecular flexibility index (Phi) is 2.11. The van der Waals surface area contributed by atoms with Crippen LogP contribution in [0, 0.1) is 5.82 Å². The van der Waals surface area contributed by atoms with Crippen molar-refractivity contribution in [2.24, 2.45) is 0 Å². The van der Waals surface area contributed by atoms with Crippen LogP contribution in [0.3, 0.4) is 0 Å². The van der Waals surface area contributed by atoms with Crippen molar-refractivity contribution in [2.75, 3.05) is 7.11 Å². The van der Waals surface area contributed by atoms with Gasteiger partial charge in [0.05, 0.1) is 7.11 Å². The van der Waals surface area contributed by atoms with Gasteiger partial charge < -0.3 is 9.72 Å². The SMILES string of the molecule is COc1[nH]c(=O)c(F)c2[nH]c(=O)[nH]c(=O)c12. The number of aromatic nitrogens is 3. The van der Waals surface area contributed by atoms with Crippen LogP contribution in [0.1, 0.15) is 0 Å². The molecule has 84 valence electrons. The average Bonchev–Trinajstić information content (AvgIpc) is 2.23. The zero-order valence-electron chi connectivity index (χ0n) is 8.01. The van der Waals surface area contributed by atoms with E-state index in [9.17, 15) is 18.8 Å². The van der Waals surface area contributed by atoms with E-state index in [1.165, 1.54) is 7.11 Å². The lowest BCUT2D eigenvalue weighted by Crippen LogP contribution is -2.26. The standard InChI is InChI=1S/C8H6FN3O4/c1-16-7-2-4(3(9)6(14)11-7)10-8(15)12-5(2)13/h1H3,(H,11,14)(H2,10,12,13,15). The summed E-state index contributed by atoms with van der Waals surface area (Å²) in [6.07, 6.45) is 0. The van der Waals surface area contributed by atoms with E-state index in [1.54, 1.807) is 0 Å². The number of halogens is 1. The third-order valence-corrected chi connectivity index (χ3v) is 2.02. The van der Waals surface area contributed by atoms with Crippen molar-refractivity contribution in [3.63, 3.8) is 0 Å². The summed E-state index contributed by atoms with van der Waals surface area (Å²) in [4.78, 5) is 39.4. The number of fused-ring (bicyclic) bond motifs is 1. The molecule has 7 nitrogen and oxygen atoms in total. The van der Waals surface area contributed by atoms with Crippen LogP contribution in [0.25, 0.3) is 10.9 Å². The average molecular weight is 227 g/mol. The van der Waals surface area contributed by atoms with E-state index in [4.69, 9.17) is 4.74 Å². The van der Waals surface area contributed by atoms with Crippen LogP contribution < -0.4 is 21.5 Å². The van der Waals surface area contributed by atoms with Crippen molar-refractivity contribution in [2.45, 2.75) is 0 Å². The second kappa shape index (κ2) is 3.33. The molecule has 2 aromatic heterocycles. The third kappa shape index (κ3) is 1.31. The minimum Gasteiger partial charge on any atom is -0.482 e. The van der Waals surface area contributed by atoms with E-state index < -0.39 is 28.1 Å². The van der Waals surface area contributed by atoms with Gasteiger partial charge in [0.25, 0.3) is 11.1 Å². The molecule has 0 atom stereocenters. The molecule has 2 rings (SSSR count). The Morgan fingerprint density at radius 3 is 2.38 bits per heavy atom.